The molecule has 0 unspecified atom stereocenters. The van der Waals surface area contributed by atoms with Crippen LogP contribution >= 0.6 is 11.6 Å². The molecule has 0 aromatic heterocycles. The second-order valence-corrected chi connectivity index (χ2v) is 6.96. The van der Waals surface area contributed by atoms with Gasteiger partial charge in [0.2, 0.25) is 0 Å². The van der Waals surface area contributed by atoms with Gasteiger partial charge in [-0.2, -0.15) is 0 Å². The monoisotopic (exact) mass is 441 g/mol. The third kappa shape index (κ3) is 7.01. The normalized spacial score (nSPS) is 10.3. The molecule has 0 aliphatic carbocycles. The predicted octanol–water partition coefficient (Wildman–Crippen LogP) is 4.71. The average Bonchev–Trinajstić information content (AvgIpc) is 2.77. The van der Waals surface area contributed by atoms with Crippen molar-refractivity contribution >= 4 is 34.9 Å². The van der Waals surface area contributed by atoms with Crippen molar-refractivity contribution in [2.24, 2.45) is 0 Å². The van der Waals surface area contributed by atoms with Gasteiger partial charge in [0.25, 0.3) is 5.91 Å². The number of ether oxygens (including phenoxy) is 1. The van der Waals surface area contributed by atoms with E-state index in [1.807, 2.05) is 18.2 Å². The number of carbonyl (C=O) groups is 2. The van der Waals surface area contributed by atoms with Crippen LogP contribution in [0.3, 0.4) is 0 Å². The highest BCUT2D eigenvalue weighted by Crippen LogP contribution is 2.19. The summed E-state index contributed by atoms with van der Waals surface area (Å²) >= 11 is 5.97. The molecule has 0 fully saturated rings. The van der Waals surface area contributed by atoms with E-state index < -0.39 is 11.8 Å². The number of rotatable bonds is 8. The summed E-state index contributed by atoms with van der Waals surface area (Å²) in [6, 6.07) is 20.8. The average molecular weight is 442 g/mol. The Balaban J connectivity index is 1.59. The molecule has 0 spiro atoms. The standard InChI is InChI=1S/C23H21ClFN3O3/c24-17-5-4-6-19(15-17)27-23(30)28(20-11-9-18(25)10-12-20)14-13-26-22(29)16-31-21-7-2-1-3-8-21/h1-12,15H,13-14,16H2,(H,26,29)(H,27,30). The molecule has 3 amide bonds. The van der Waals surface area contributed by atoms with E-state index in [-0.39, 0.29) is 25.6 Å². The summed E-state index contributed by atoms with van der Waals surface area (Å²) in [5.41, 5.74) is 1.00. The quantitative estimate of drug-likeness (QED) is 0.531. The number of benzene rings is 3. The van der Waals surface area contributed by atoms with Gasteiger partial charge in [-0.05, 0) is 54.6 Å². The van der Waals surface area contributed by atoms with Crippen LogP contribution in [0.15, 0.2) is 78.9 Å². The van der Waals surface area contributed by atoms with Gasteiger partial charge in [-0.3, -0.25) is 9.69 Å². The van der Waals surface area contributed by atoms with E-state index in [2.05, 4.69) is 10.6 Å². The molecule has 160 valence electrons. The highest BCUT2D eigenvalue weighted by Gasteiger charge is 2.16. The largest absolute Gasteiger partial charge is 0.484 e. The molecule has 3 aromatic rings. The van der Waals surface area contributed by atoms with E-state index in [1.165, 1.54) is 29.2 Å². The molecule has 0 saturated carbocycles. The van der Waals surface area contributed by atoms with E-state index in [0.29, 0.717) is 22.1 Å². The van der Waals surface area contributed by atoms with E-state index in [1.54, 1.807) is 36.4 Å². The van der Waals surface area contributed by atoms with Crippen LogP contribution in [-0.2, 0) is 4.79 Å². The lowest BCUT2D eigenvalue weighted by atomic mass is 10.2. The molecule has 3 rings (SSSR count). The van der Waals surface area contributed by atoms with Gasteiger partial charge in [-0.15, -0.1) is 0 Å². The first-order valence-electron chi connectivity index (χ1n) is 9.55. The molecule has 8 heteroatoms. The summed E-state index contributed by atoms with van der Waals surface area (Å²) in [5.74, 6) is -0.144. The van der Waals surface area contributed by atoms with Crippen molar-refractivity contribution in [2.45, 2.75) is 0 Å². The van der Waals surface area contributed by atoms with Crippen molar-refractivity contribution in [3.8, 4) is 5.75 Å². The second-order valence-electron chi connectivity index (χ2n) is 6.52. The predicted molar refractivity (Wildman–Crippen MR) is 119 cm³/mol. The number of para-hydroxylation sites is 1. The maximum absolute atomic E-state index is 13.3. The molecule has 0 heterocycles. The van der Waals surface area contributed by atoms with Crippen LogP contribution in [0.25, 0.3) is 0 Å². The maximum Gasteiger partial charge on any atom is 0.326 e. The lowest BCUT2D eigenvalue weighted by Gasteiger charge is -2.23. The van der Waals surface area contributed by atoms with Crippen molar-refractivity contribution in [3.05, 3.63) is 89.7 Å². The van der Waals surface area contributed by atoms with E-state index in [0.717, 1.165) is 0 Å². The van der Waals surface area contributed by atoms with Crippen LogP contribution in [0, 0.1) is 5.82 Å². The van der Waals surface area contributed by atoms with Gasteiger partial charge in [0.1, 0.15) is 11.6 Å². The Kier molecular flexibility index (Phi) is 7.84. The van der Waals surface area contributed by atoms with Crippen LogP contribution in [0.5, 0.6) is 5.75 Å². The molecule has 0 aliphatic heterocycles. The molecule has 0 aliphatic rings. The van der Waals surface area contributed by atoms with Gasteiger partial charge in [-0.1, -0.05) is 35.9 Å². The number of hydrogen-bond donors (Lipinski definition) is 2. The second kappa shape index (κ2) is 11.0. The molecule has 0 atom stereocenters. The Hall–Kier alpha value is -3.58. The minimum atomic E-state index is -0.441. The molecule has 0 radical (unpaired) electrons. The van der Waals surface area contributed by atoms with Gasteiger partial charge in [0, 0.05) is 29.5 Å². The Labute approximate surface area is 184 Å². The molecule has 0 saturated heterocycles. The van der Waals surface area contributed by atoms with Crippen LogP contribution in [0.2, 0.25) is 5.02 Å². The molecular weight excluding hydrogens is 421 g/mol. The van der Waals surface area contributed by atoms with Crippen molar-refractivity contribution in [1.29, 1.82) is 0 Å². The Morgan fingerprint density at radius 2 is 1.71 bits per heavy atom. The van der Waals surface area contributed by atoms with E-state index in [4.69, 9.17) is 16.3 Å². The number of hydrogen-bond acceptors (Lipinski definition) is 3. The highest BCUT2D eigenvalue weighted by atomic mass is 35.5. The van der Waals surface area contributed by atoms with Crippen molar-refractivity contribution < 1.29 is 18.7 Å². The van der Waals surface area contributed by atoms with Crippen LogP contribution in [0.4, 0.5) is 20.6 Å². The van der Waals surface area contributed by atoms with Gasteiger partial charge in [0.05, 0.1) is 0 Å². The lowest BCUT2D eigenvalue weighted by Crippen LogP contribution is -2.42. The smallest absolute Gasteiger partial charge is 0.326 e. The number of amides is 3. The van der Waals surface area contributed by atoms with Crippen molar-refractivity contribution in [2.75, 3.05) is 29.9 Å². The number of halogens is 2. The minimum Gasteiger partial charge on any atom is -0.484 e. The first-order chi connectivity index (χ1) is 15.0. The third-order valence-corrected chi connectivity index (χ3v) is 4.47. The third-order valence-electron chi connectivity index (χ3n) is 4.23. The van der Waals surface area contributed by atoms with Gasteiger partial charge in [0.15, 0.2) is 6.61 Å². The zero-order chi connectivity index (χ0) is 22.1. The molecule has 6 nitrogen and oxygen atoms in total. The SMILES string of the molecule is O=C(COc1ccccc1)NCCN(C(=O)Nc1cccc(Cl)c1)c1ccc(F)cc1. The van der Waals surface area contributed by atoms with Crippen LogP contribution in [-0.4, -0.2) is 31.6 Å². The zero-order valence-corrected chi connectivity index (χ0v) is 17.3. The summed E-state index contributed by atoms with van der Waals surface area (Å²) in [7, 11) is 0. The number of nitrogens with one attached hydrogen (secondary N) is 2. The molecule has 31 heavy (non-hydrogen) atoms. The van der Waals surface area contributed by atoms with E-state index in [9.17, 15) is 14.0 Å². The summed E-state index contributed by atoms with van der Waals surface area (Å²) in [6.45, 7) is 0.196. The summed E-state index contributed by atoms with van der Waals surface area (Å²) < 4.78 is 18.7. The summed E-state index contributed by atoms with van der Waals surface area (Å²) in [6.07, 6.45) is 0. The van der Waals surface area contributed by atoms with Crippen LogP contribution in [0.1, 0.15) is 0 Å². The summed E-state index contributed by atoms with van der Waals surface area (Å²) in [5, 5.41) is 5.95. The first kappa shape index (κ1) is 22.1. The Morgan fingerprint density at radius 1 is 0.968 bits per heavy atom. The van der Waals surface area contributed by atoms with Crippen LogP contribution < -0.4 is 20.3 Å². The zero-order valence-electron chi connectivity index (χ0n) is 16.6. The topological polar surface area (TPSA) is 70.7 Å². The first-order valence-corrected chi connectivity index (χ1v) is 9.93. The van der Waals surface area contributed by atoms with E-state index >= 15 is 0 Å². The number of urea groups is 1. The lowest BCUT2D eigenvalue weighted by molar-refractivity contribution is -0.123. The molecule has 3 aromatic carbocycles. The van der Waals surface area contributed by atoms with Gasteiger partial charge >= 0.3 is 6.03 Å². The Morgan fingerprint density at radius 3 is 2.42 bits per heavy atom. The van der Waals surface area contributed by atoms with Crippen molar-refractivity contribution in [1.82, 2.24) is 5.32 Å². The fourth-order valence-electron chi connectivity index (χ4n) is 2.75. The van der Waals surface area contributed by atoms with Gasteiger partial charge in [-0.25, -0.2) is 9.18 Å². The molecule has 0 bridgehead atoms. The summed E-state index contributed by atoms with van der Waals surface area (Å²) in [4.78, 5) is 26.3. The maximum atomic E-state index is 13.3. The Bertz CT molecular complexity index is 1020. The van der Waals surface area contributed by atoms with Crippen molar-refractivity contribution in [3.63, 3.8) is 0 Å². The fourth-order valence-corrected chi connectivity index (χ4v) is 2.94. The van der Waals surface area contributed by atoms with Gasteiger partial charge < -0.3 is 15.4 Å². The fraction of sp³-hybridized carbons (Fsp3) is 0.130. The molecule has 2 N–H and O–H groups in total. The molecular formula is C23H21ClFN3O3. The number of carbonyl (C=O) groups excluding carboxylic acids is 2. The number of anilines is 2. The highest BCUT2D eigenvalue weighted by molar-refractivity contribution is 6.30. The number of nitrogens with zero attached hydrogens (tertiary/aromatic N) is 1. The minimum absolute atomic E-state index is 0.144.